The van der Waals surface area contributed by atoms with Gasteiger partial charge in [0.15, 0.2) is 10.8 Å². The minimum atomic E-state index is -4.45. The van der Waals surface area contributed by atoms with Crippen LogP contribution in [0.25, 0.3) is 0 Å². The molecule has 0 atom stereocenters. The van der Waals surface area contributed by atoms with Crippen LogP contribution in [0.3, 0.4) is 0 Å². The lowest BCUT2D eigenvalue weighted by atomic mass is 10.1. The van der Waals surface area contributed by atoms with Crippen molar-refractivity contribution in [2.45, 2.75) is 12.7 Å². The van der Waals surface area contributed by atoms with Gasteiger partial charge in [-0.2, -0.15) is 13.2 Å². The number of ether oxygens (including phenoxy) is 3. The second kappa shape index (κ2) is 6.95. The molecule has 1 N–H and O–H groups in total. The fourth-order valence-electron chi connectivity index (χ4n) is 1.90. The van der Waals surface area contributed by atoms with Gasteiger partial charge in [-0.15, -0.1) is 11.3 Å². The Hall–Kier alpha value is -2.16. The molecule has 0 spiro atoms. The van der Waals surface area contributed by atoms with Crippen molar-refractivity contribution < 1.29 is 27.4 Å². The zero-order chi connectivity index (χ0) is 17.0. The molecule has 23 heavy (non-hydrogen) atoms. The summed E-state index contributed by atoms with van der Waals surface area (Å²) in [5, 5.41) is 3.97. The molecule has 0 saturated heterocycles. The van der Waals surface area contributed by atoms with E-state index in [2.05, 4.69) is 10.3 Å². The lowest BCUT2D eigenvalue weighted by Crippen LogP contribution is -2.07. The number of halogens is 3. The normalized spacial score (nSPS) is 11.2. The summed E-state index contributed by atoms with van der Waals surface area (Å²) in [7, 11) is 4.49. The first-order valence-electron chi connectivity index (χ1n) is 6.44. The smallest absolute Gasteiger partial charge is 0.434 e. The highest BCUT2D eigenvalue weighted by Gasteiger charge is 2.33. The van der Waals surface area contributed by atoms with Gasteiger partial charge in [0, 0.05) is 24.1 Å². The Morgan fingerprint density at radius 3 is 2.13 bits per heavy atom. The predicted octanol–water partition coefficient (Wildman–Crippen LogP) is 3.80. The number of anilines is 1. The topological polar surface area (TPSA) is 52.6 Å². The molecular weight excluding hydrogens is 333 g/mol. The van der Waals surface area contributed by atoms with E-state index in [1.165, 1.54) is 21.3 Å². The maximum atomic E-state index is 12.5. The summed E-state index contributed by atoms with van der Waals surface area (Å²) < 4.78 is 53.3. The third kappa shape index (κ3) is 3.98. The summed E-state index contributed by atoms with van der Waals surface area (Å²) in [5.74, 6) is 1.55. The predicted molar refractivity (Wildman–Crippen MR) is 80.5 cm³/mol. The molecule has 1 heterocycles. The van der Waals surface area contributed by atoms with E-state index in [0.29, 0.717) is 22.8 Å². The Kier molecular flexibility index (Phi) is 5.19. The Morgan fingerprint density at radius 1 is 1.09 bits per heavy atom. The molecule has 2 rings (SSSR count). The summed E-state index contributed by atoms with van der Waals surface area (Å²) in [6.07, 6.45) is -4.45. The molecule has 9 heteroatoms. The van der Waals surface area contributed by atoms with E-state index in [-0.39, 0.29) is 11.7 Å². The first-order chi connectivity index (χ1) is 10.9. The van der Waals surface area contributed by atoms with E-state index in [1.54, 1.807) is 12.1 Å². The summed E-state index contributed by atoms with van der Waals surface area (Å²) in [4.78, 5) is 3.52. The number of alkyl halides is 3. The minimum Gasteiger partial charge on any atom is -0.496 e. The zero-order valence-corrected chi connectivity index (χ0v) is 13.5. The molecule has 0 aliphatic rings. The quantitative estimate of drug-likeness (QED) is 0.861. The van der Waals surface area contributed by atoms with Crippen LogP contribution in [0.1, 0.15) is 11.3 Å². The largest absolute Gasteiger partial charge is 0.496 e. The van der Waals surface area contributed by atoms with E-state index in [1.807, 2.05) is 0 Å². The molecule has 0 amide bonds. The molecule has 0 radical (unpaired) electrons. The number of aromatic nitrogens is 1. The Balaban J connectivity index is 2.21. The van der Waals surface area contributed by atoms with Gasteiger partial charge in [-0.25, -0.2) is 4.98 Å². The molecule has 2 aromatic rings. The lowest BCUT2D eigenvalue weighted by molar-refractivity contribution is -0.140. The number of methoxy groups -OCH3 is 3. The van der Waals surface area contributed by atoms with E-state index in [9.17, 15) is 13.2 Å². The molecule has 126 valence electrons. The number of hydrogen-bond acceptors (Lipinski definition) is 6. The van der Waals surface area contributed by atoms with Crippen molar-refractivity contribution in [1.82, 2.24) is 4.98 Å². The summed E-state index contributed by atoms with van der Waals surface area (Å²) in [6, 6.07) is 3.34. The Morgan fingerprint density at radius 2 is 1.70 bits per heavy atom. The number of nitrogens with one attached hydrogen (secondary N) is 1. The van der Waals surface area contributed by atoms with Crippen molar-refractivity contribution in [3.8, 4) is 17.2 Å². The average molecular weight is 348 g/mol. The minimum absolute atomic E-state index is 0.164. The van der Waals surface area contributed by atoms with Crippen molar-refractivity contribution in [2.75, 3.05) is 26.6 Å². The fourth-order valence-corrected chi connectivity index (χ4v) is 2.62. The van der Waals surface area contributed by atoms with Gasteiger partial charge in [-0.05, 0) is 0 Å². The highest BCUT2D eigenvalue weighted by molar-refractivity contribution is 7.13. The number of benzene rings is 1. The van der Waals surface area contributed by atoms with Crippen molar-refractivity contribution in [3.63, 3.8) is 0 Å². The van der Waals surface area contributed by atoms with Gasteiger partial charge >= 0.3 is 6.18 Å². The fraction of sp³-hybridized carbons (Fsp3) is 0.357. The molecule has 0 saturated carbocycles. The monoisotopic (exact) mass is 348 g/mol. The SMILES string of the molecule is COc1cc(OC)c(CNc2nc(C(F)(F)F)cs2)c(OC)c1. The Labute approximate surface area is 135 Å². The van der Waals surface area contributed by atoms with Crippen molar-refractivity contribution in [2.24, 2.45) is 0 Å². The summed E-state index contributed by atoms with van der Waals surface area (Å²) in [5.41, 5.74) is -0.266. The zero-order valence-electron chi connectivity index (χ0n) is 12.7. The number of hydrogen-bond donors (Lipinski definition) is 1. The first kappa shape index (κ1) is 17.2. The number of rotatable bonds is 6. The third-order valence-electron chi connectivity index (χ3n) is 3.03. The highest BCUT2D eigenvalue weighted by Crippen LogP contribution is 2.35. The van der Waals surface area contributed by atoms with Crippen LogP contribution in [0.15, 0.2) is 17.5 Å². The number of nitrogens with zero attached hydrogens (tertiary/aromatic N) is 1. The van der Waals surface area contributed by atoms with E-state index in [4.69, 9.17) is 14.2 Å². The van der Waals surface area contributed by atoms with Crippen LogP contribution in [0.4, 0.5) is 18.3 Å². The molecule has 0 fully saturated rings. The first-order valence-corrected chi connectivity index (χ1v) is 7.32. The summed E-state index contributed by atoms with van der Waals surface area (Å²) >= 11 is 0.882. The molecule has 0 bridgehead atoms. The number of thiazole rings is 1. The second-order valence-corrected chi connectivity index (χ2v) is 5.26. The molecule has 5 nitrogen and oxygen atoms in total. The second-order valence-electron chi connectivity index (χ2n) is 4.40. The summed E-state index contributed by atoms with van der Waals surface area (Å²) in [6.45, 7) is 0.196. The maximum absolute atomic E-state index is 12.5. The van der Waals surface area contributed by atoms with Gasteiger partial charge in [-0.1, -0.05) is 0 Å². The van der Waals surface area contributed by atoms with Crippen LogP contribution < -0.4 is 19.5 Å². The lowest BCUT2D eigenvalue weighted by Gasteiger charge is -2.15. The van der Waals surface area contributed by atoms with E-state index >= 15 is 0 Å². The van der Waals surface area contributed by atoms with Gasteiger partial charge in [0.05, 0.1) is 26.9 Å². The molecule has 1 aromatic heterocycles. The third-order valence-corrected chi connectivity index (χ3v) is 3.83. The highest BCUT2D eigenvalue weighted by atomic mass is 32.1. The van der Waals surface area contributed by atoms with Crippen LogP contribution in [0.2, 0.25) is 0 Å². The molecule has 1 aromatic carbocycles. The van der Waals surface area contributed by atoms with Gasteiger partial charge in [-0.3, -0.25) is 0 Å². The van der Waals surface area contributed by atoms with Crippen LogP contribution >= 0.6 is 11.3 Å². The van der Waals surface area contributed by atoms with Gasteiger partial charge < -0.3 is 19.5 Å². The standard InChI is InChI=1S/C14H15F3N2O3S/c1-20-8-4-10(21-2)9(11(5-8)22-3)6-18-13-19-12(7-23-13)14(15,16)17/h4-5,7H,6H2,1-3H3,(H,18,19). The average Bonchev–Trinajstić information content (AvgIpc) is 3.01. The molecule has 0 aliphatic carbocycles. The molecule has 0 aliphatic heterocycles. The van der Waals surface area contributed by atoms with Gasteiger partial charge in [0.25, 0.3) is 0 Å². The van der Waals surface area contributed by atoms with Crippen molar-refractivity contribution >= 4 is 16.5 Å². The van der Waals surface area contributed by atoms with Crippen LogP contribution in [-0.4, -0.2) is 26.3 Å². The van der Waals surface area contributed by atoms with Gasteiger partial charge in [0.1, 0.15) is 17.2 Å². The van der Waals surface area contributed by atoms with Crippen LogP contribution in [0, 0.1) is 0 Å². The molecular formula is C14H15F3N2O3S. The van der Waals surface area contributed by atoms with E-state index in [0.717, 1.165) is 16.7 Å². The van der Waals surface area contributed by atoms with Crippen LogP contribution in [0.5, 0.6) is 17.2 Å². The van der Waals surface area contributed by atoms with E-state index < -0.39 is 11.9 Å². The van der Waals surface area contributed by atoms with Gasteiger partial charge in [0.2, 0.25) is 0 Å². The molecule has 0 unspecified atom stereocenters. The van der Waals surface area contributed by atoms with Crippen molar-refractivity contribution in [3.05, 3.63) is 28.8 Å². The maximum Gasteiger partial charge on any atom is 0.434 e. The Bertz CT molecular complexity index is 649. The van der Waals surface area contributed by atoms with Crippen LogP contribution in [-0.2, 0) is 12.7 Å². The van der Waals surface area contributed by atoms with Crippen molar-refractivity contribution in [1.29, 1.82) is 0 Å².